The molecule has 0 spiro atoms. The zero-order chi connectivity index (χ0) is 18.1. The molecule has 2 N–H and O–H groups in total. The van der Waals surface area contributed by atoms with Crippen LogP contribution in [0.15, 0.2) is 47.7 Å². The summed E-state index contributed by atoms with van der Waals surface area (Å²) in [6.45, 7) is 2.26. The van der Waals surface area contributed by atoms with Gasteiger partial charge in [-0.3, -0.25) is 14.5 Å². The van der Waals surface area contributed by atoms with Gasteiger partial charge >= 0.3 is 0 Å². The summed E-state index contributed by atoms with van der Waals surface area (Å²) >= 11 is 0. The first-order valence-electron chi connectivity index (χ1n) is 8.32. The lowest BCUT2D eigenvalue weighted by atomic mass is 10.1. The monoisotopic (exact) mass is 470 g/mol. The Hall–Kier alpha value is -2.10. The number of halogens is 1. The van der Waals surface area contributed by atoms with Crippen molar-refractivity contribution in [3.8, 4) is 0 Å². The average Bonchev–Trinajstić information content (AvgIpc) is 3.13. The van der Waals surface area contributed by atoms with Gasteiger partial charge in [0.1, 0.15) is 0 Å². The Balaban J connectivity index is 0.00000338. The highest BCUT2D eigenvalue weighted by atomic mass is 127. The summed E-state index contributed by atoms with van der Waals surface area (Å²) in [6.07, 6.45) is 4.51. The molecular formula is C18H27IN6O. The maximum Gasteiger partial charge on any atom is 0.253 e. The second-order valence-electron chi connectivity index (χ2n) is 5.84. The lowest BCUT2D eigenvalue weighted by molar-refractivity contribution is 0.0827. The standard InChI is InChI=1S/C18H26N6O.HI/c1-19-18(21-11-13-24-12-5-9-22-24)20-10-8-15-6-4-7-16(14-15)17(25)23(2)3;/h4-7,9,12,14H,8,10-11,13H2,1-3H3,(H2,19,20,21);1H. The van der Waals surface area contributed by atoms with Crippen LogP contribution in [0.5, 0.6) is 0 Å². The van der Waals surface area contributed by atoms with E-state index in [1.165, 1.54) is 0 Å². The smallest absolute Gasteiger partial charge is 0.253 e. The van der Waals surface area contributed by atoms with Gasteiger partial charge in [-0.1, -0.05) is 12.1 Å². The first-order chi connectivity index (χ1) is 12.1. The second kappa shape index (κ2) is 11.5. The SMILES string of the molecule is CN=C(NCCc1cccc(C(=O)N(C)C)c1)NCCn1cccn1.I. The van der Waals surface area contributed by atoms with E-state index in [1.54, 1.807) is 32.2 Å². The zero-order valence-electron chi connectivity index (χ0n) is 15.5. The van der Waals surface area contributed by atoms with E-state index >= 15 is 0 Å². The molecule has 0 atom stereocenters. The van der Waals surface area contributed by atoms with Crippen molar-refractivity contribution in [2.24, 2.45) is 4.99 Å². The maximum absolute atomic E-state index is 12.0. The van der Waals surface area contributed by atoms with Crippen LogP contribution < -0.4 is 10.6 Å². The largest absolute Gasteiger partial charge is 0.356 e. The van der Waals surface area contributed by atoms with Crippen LogP contribution in [0.2, 0.25) is 0 Å². The summed E-state index contributed by atoms with van der Waals surface area (Å²) in [4.78, 5) is 17.8. The molecule has 1 amide bonds. The van der Waals surface area contributed by atoms with Crippen LogP contribution in [-0.2, 0) is 13.0 Å². The van der Waals surface area contributed by atoms with E-state index in [2.05, 4.69) is 20.7 Å². The minimum absolute atomic E-state index is 0. The fraction of sp³-hybridized carbons (Fsp3) is 0.389. The van der Waals surface area contributed by atoms with Crippen molar-refractivity contribution < 1.29 is 4.79 Å². The average molecular weight is 470 g/mol. The third-order valence-electron chi connectivity index (χ3n) is 3.70. The number of aliphatic imine (C=N–C) groups is 1. The molecule has 26 heavy (non-hydrogen) atoms. The van der Waals surface area contributed by atoms with Gasteiger partial charge in [-0.05, 0) is 30.2 Å². The molecule has 142 valence electrons. The molecule has 0 aliphatic heterocycles. The Kier molecular flexibility index (Phi) is 9.71. The number of carbonyl (C=O) groups excluding carboxylic acids is 1. The summed E-state index contributed by atoms with van der Waals surface area (Å²) in [6, 6.07) is 9.64. The van der Waals surface area contributed by atoms with Crippen LogP contribution in [-0.4, -0.2) is 60.8 Å². The highest BCUT2D eigenvalue weighted by molar-refractivity contribution is 14.0. The van der Waals surface area contributed by atoms with Gasteiger partial charge in [0.25, 0.3) is 5.91 Å². The first-order valence-corrected chi connectivity index (χ1v) is 8.32. The van der Waals surface area contributed by atoms with Crippen LogP contribution in [0.1, 0.15) is 15.9 Å². The van der Waals surface area contributed by atoms with Crippen LogP contribution in [0.25, 0.3) is 0 Å². The Morgan fingerprint density at radius 1 is 1.23 bits per heavy atom. The van der Waals surface area contributed by atoms with Gasteiger partial charge in [0.05, 0.1) is 6.54 Å². The van der Waals surface area contributed by atoms with Gasteiger partial charge in [-0.2, -0.15) is 5.10 Å². The van der Waals surface area contributed by atoms with Crippen LogP contribution in [0.3, 0.4) is 0 Å². The van der Waals surface area contributed by atoms with Crippen molar-refractivity contribution in [2.45, 2.75) is 13.0 Å². The molecule has 8 heteroatoms. The van der Waals surface area contributed by atoms with Gasteiger partial charge in [-0.15, -0.1) is 24.0 Å². The summed E-state index contributed by atoms with van der Waals surface area (Å²) in [5.74, 6) is 0.776. The van der Waals surface area contributed by atoms with E-state index in [9.17, 15) is 4.79 Å². The third-order valence-corrected chi connectivity index (χ3v) is 3.70. The molecule has 0 bridgehead atoms. The van der Waals surface area contributed by atoms with Crippen molar-refractivity contribution >= 4 is 35.8 Å². The molecule has 1 aromatic heterocycles. The van der Waals surface area contributed by atoms with Crippen molar-refractivity contribution in [3.05, 3.63) is 53.9 Å². The molecule has 7 nitrogen and oxygen atoms in total. The summed E-state index contributed by atoms with van der Waals surface area (Å²) in [5, 5.41) is 10.7. The molecule has 0 fully saturated rings. The minimum atomic E-state index is 0. The fourth-order valence-corrected chi connectivity index (χ4v) is 2.39. The molecule has 1 heterocycles. The predicted octanol–water partition coefficient (Wildman–Crippen LogP) is 1.61. The summed E-state index contributed by atoms with van der Waals surface area (Å²) in [7, 11) is 5.27. The topological polar surface area (TPSA) is 74.6 Å². The molecule has 1 aromatic carbocycles. The number of nitrogens with zero attached hydrogens (tertiary/aromatic N) is 4. The predicted molar refractivity (Wildman–Crippen MR) is 115 cm³/mol. The maximum atomic E-state index is 12.0. The quantitative estimate of drug-likeness (QED) is 0.367. The molecular weight excluding hydrogens is 443 g/mol. The van der Waals surface area contributed by atoms with E-state index in [0.717, 1.165) is 37.6 Å². The van der Waals surface area contributed by atoms with Crippen molar-refractivity contribution in [1.29, 1.82) is 0 Å². The van der Waals surface area contributed by atoms with E-state index in [1.807, 2.05) is 41.2 Å². The molecule has 2 aromatic rings. The fourth-order valence-electron chi connectivity index (χ4n) is 2.39. The van der Waals surface area contributed by atoms with Crippen molar-refractivity contribution in [2.75, 3.05) is 34.2 Å². The van der Waals surface area contributed by atoms with Gasteiger partial charge < -0.3 is 15.5 Å². The molecule has 0 aliphatic rings. The highest BCUT2D eigenvalue weighted by Crippen LogP contribution is 2.07. The molecule has 0 saturated heterocycles. The Morgan fingerprint density at radius 3 is 2.65 bits per heavy atom. The van der Waals surface area contributed by atoms with Crippen LogP contribution in [0.4, 0.5) is 0 Å². The summed E-state index contributed by atoms with van der Waals surface area (Å²) in [5.41, 5.74) is 1.83. The minimum Gasteiger partial charge on any atom is -0.356 e. The molecule has 0 saturated carbocycles. The highest BCUT2D eigenvalue weighted by Gasteiger charge is 2.08. The second-order valence-corrected chi connectivity index (χ2v) is 5.84. The van der Waals surface area contributed by atoms with Crippen molar-refractivity contribution in [1.82, 2.24) is 25.3 Å². The Bertz CT molecular complexity index is 699. The van der Waals surface area contributed by atoms with E-state index < -0.39 is 0 Å². The van der Waals surface area contributed by atoms with Gasteiger partial charge in [0.15, 0.2) is 5.96 Å². The van der Waals surface area contributed by atoms with Gasteiger partial charge in [0, 0.05) is 52.2 Å². The molecule has 0 aliphatic carbocycles. The molecule has 0 radical (unpaired) electrons. The van der Waals surface area contributed by atoms with E-state index in [0.29, 0.717) is 5.56 Å². The normalized spacial score (nSPS) is 10.8. The number of guanidine groups is 1. The number of nitrogens with one attached hydrogen (secondary N) is 2. The number of benzene rings is 1. The van der Waals surface area contributed by atoms with Gasteiger partial charge in [0.2, 0.25) is 0 Å². The van der Waals surface area contributed by atoms with Crippen molar-refractivity contribution in [3.63, 3.8) is 0 Å². The number of carbonyl (C=O) groups is 1. The number of hydrogen-bond donors (Lipinski definition) is 2. The van der Waals surface area contributed by atoms with Gasteiger partial charge in [-0.25, -0.2) is 0 Å². The summed E-state index contributed by atoms with van der Waals surface area (Å²) < 4.78 is 1.87. The number of aromatic nitrogens is 2. The number of rotatable bonds is 7. The molecule has 0 unspecified atom stereocenters. The lowest BCUT2D eigenvalue weighted by Gasteiger charge is -2.13. The lowest BCUT2D eigenvalue weighted by Crippen LogP contribution is -2.39. The molecule has 2 rings (SSSR count). The first kappa shape index (κ1) is 21.9. The zero-order valence-corrected chi connectivity index (χ0v) is 17.8. The van der Waals surface area contributed by atoms with E-state index in [-0.39, 0.29) is 29.9 Å². The Labute approximate surface area is 171 Å². The van der Waals surface area contributed by atoms with Crippen LogP contribution >= 0.6 is 24.0 Å². The van der Waals surface area contributed by atoms with E-state index in [4.69, 9.17) is 0 Å². The number of amides is 1. The Morgan fingerprint density at radius 2 is 2.00 bits per heavy atom. The third kappa shape index (κ3) is 7.03. The van der Waals surface area contributed by atoms with Crippen LogP contribution in [0, 0.1) is 0 Å². The number of hydrogen-bond acceptors (Lipinski definition) is 3.